The lowest BCUT2D eigenvalue weighted by Crippen LogP contribution is -2.23. The van der Waals surface area contributed by atoms with Crippen molar-refractivity contribution in [3.63, 3.8) is 0 Å². The average molecular weight is 396 g/mol. The van der Waals surface area contributed by atoms with Gasteiger partial charge in [0.05, 0.1) is 25.3 Å². The molecule has 6 nitrogen and oxygen atoms in total. The van der Waals surface area contributed by atoms with Crippen molar-refractivity contribution in [3.05, 3.63) is 59.2 Å². The lowest BCUT2D eigenvalue weighted by Gasteiger charge is -2.18. The minimum atomic E-state index is 0.129. The van der Waals surface area contributed by atoms with Crippen LogP contribution in [-0.4, -0.2) is 57.2 Å². The predicted molar refractivity (Wildman–Crippen MR) is 112 cm³/mol. The molecule has 2 aliphatic heterocycles. The first-order valence-corrected chi connectivity index (χ1v) is 9.99. The molecule has 0 aliphatic carbocycles. The largest absolute Gasteiger partial charge is 0.493 e. The predicted octanol–water partition coefficient (Wildman–Crippen LogP) is 3.26. The Morgan fingerprint density at radius 1 is 1.03 bits per heavy atom. The summed E-state index contributed by atoms with van der Waals surface area (Å²) in [5.41, 5.74) is 4.66. The van der Waals surface area contributed by atoms with Crippen molar-refractivity contribution in [3.8, 4) is 11.5 Å². The molecule has 2 aromatic rings. The number of oxime groups is 1. The van der Waals surface area contributed by atoms with E-state index < -0.39 is 0 Å². The van der Waals surface area contributed by atoms with Crippen molar-refractivity contribution >= 4 is 5.71 Å². The number of methoxy groups -OCH3 is 2. The number of likely N-dealkylation sites (tertiary alicyclic amines) is 1. The highest BCUT2D eigenvalue weighted by molar-refractivity contribution is 6.03. The second-order valence-electron chi connectivity index (χ2n) is 7.61. The van der Waals surface area contributed by atoms with Crippen molar-refractivity contribution in [1.82, 2.24) is 4.90 Å². The first-order chi connectivity index (χ1) is 14.2. The Bertz CT molecular complexity index is 866. The van der Waals surface area contributed by atoms with Gasteiger partial charge in [0.15, 0.2) is 11.5 Å². The van der Waals surface area contributed by atoms with E-state index >= 15 is 0 Å². The van der Waals surface area contributed by atoms with Crippen LogP contribution in [0.1, 0.15) is 16.7 Å². The van der Waals surface area contributed by atoms with Gasteiger partial charge in [0.2, 0.25) is 0 Å². The van der Waals surface area contributed by atoms with Crippen LogP contribution in [0.5, 0.6) is 11.5 Å². The van der Waals surface area contributed by atoms with Crippen LogP contribution >= 0.6 is 0 Å². The summed E-state index contributed by atoms with van der Waals surface area (Å²) < 4.78 is 16.3. The number of benzene rings is 2. The van der Waals surface area contributed by atoms with Gasteiger partial charge in [-0.1, -0.05) is 41.1 Å². The first-order valence-electron chi connectivity index (χ1n) is 9.99. The Balaban J connectivity index is 1.40. The molecule has 4 rings (SSSR count). The summed E-state index contributed by atoms with van der Waals surface area (Å²) in [6.07, 6.45) is 0.129. The molecule has 0 N–H and O–H groups in total. The van der Waals surface area contributed by atoms with Gasteiger partial charge in [-0.15, -0.1) is 0 Å². The van der Waals surface area contributed by atoms with Gasteiger partial charge in [-0.3, -0.25) is 4.90 Å². The van der Waals surface area contributed by atoms with Crippen LogP contribution in [0.4, 0.5) is 0 Å². The van der Waals surface area contributed by atoms with Gasteiger partial charge in [-0.05, 0) is 30.2 Å². The van der Waals surface area contributed by atoms with E-state index in [0.29, 0.717) is 19.1 Å². The van der Waals surface area contributed by atoms with Gasteiger partial charge >= 0.3 is 0 Å². The van der Waals surface area contributed by atoms with Crippen molar-refractivity contribution < 1.29 is 19.0 Å². The number of ether oxygens (including phenoxy) is 3. The highest BCUT2D eigenvalue weighted by atomic mass is 16.6. The van der Waals surface area contributed by atoms with Crippen LogP contribution in [0.2, 0.25) is 0 Å². The van der Waals surface area contributed by atoms with E-state index in [9.17, 15) is 0 Å². The lowest BCUT2D eigenvalue weighted by molar-refractivity contribution is 0.0745. The molecular formula is C23H28N2O4. The summed E-state index contributed by atoms with van der Waals surface area (Å²) in [6.45, 7) is 5.79. The van der Waals surface area contributed by atoms with Crippen LogP contribution in [0.25, 0.3) is 0 Å². The molecule has 0 amide bonds. The molecule has 2 heterocycles. The number of aryl methyl sites for hydroxylation is 1. The van der Waals surface area contributed by atoms with E-state index in [2.05, 4.69) is 47.3 Å². The molecule has 0 radical (unpaired) electrons. The molecule has 2 atom stereocenters. The minimum Gasteiger partial charge on any atom is -0.493 e. The van der Waals surface area contributed by atoms with E-state index in [1.165, 1.54) is 11.1 Å². The van der Waals surface area contributed by atoms with Crippen molar-refractivity contribution in [2.75, 3.05) is 40.5 Å². The van der Waals surface area contributed by atoms with Crippen molar-refractivity contribution in [2.45, 2.75) is 19.6 Å². The average Bonchev–Trinajstić information content (AvgIpc) is 3.30. The molecule has 6 heteroatoms. The topological polar surface area (TPSA) is 52.5 Å². The van der Waals surface area contributed by atoms with E-state index in [4.69, 9.17) is 19.0 Å². The smallest absolute Gasteiger partial charge is 0.161 e. The number of hydrogen-bond acceptors (Lipinski definition) is 6. The molecule has 1 saturated heterocycles. The van der Waals surface area contributed by atoms with Crippen LogP contribution in [0, 0.1) is 12.8 Å². The van der Waals surface area contributed by atoms with E-state index in [1.54, 1.807) is 14.2 Å². The number of fused-ring (bicyclic) bond motifs is 1. The van der Waals surface area contributed by atoms with Gasteiger partial charge < -0.3 is 19.0 Å². The SMILES string of the molecule is COCCOc1ccc(CN2C[C@H]3ON=C(c4ccc(C)cc4)[C@@H]3C2)cc1OC. The zero-order valence-electron chi connectivity index (χ0n) is 17.3. The summed E-state index contributed by atoms with van der Waals surface area (Å²) in [5, 5.41) is 4.38. The number of rotatable bonds is 8. The van der Waals surface area contributed by atoms with Gasteiger partial charge in [-0.25, -0.2) is 0 Å². The standard InChI is InChI=1S/C23H28N2O4/c1-16-4-7-18(8-5-16)23-19-14-25(15-22(19)29-24-23)13-17-6-9-20(21(12-17)27-3)28-11-10-26-2/h4-9,12,19,22H,10-11,13-15H2,1-3H3/t19-,22-/m1/s1. The molecule has 0 spiro atoms. The molecule has 154 valence electrons. The molecule has 1 fully saturated rings. The Morgan fingerprint density at radius 2 is 1.86 bits per heavy atom. The number of nitrogens with zero attached hydrogens (tertiary/aromatic N) is 2. The quantitative estimate of drug-likeness (QED) is 0.641. The van der Waals surface area contributed by atoms with Crippen molar-refractivity contribution in [2.24, 2.45) is 11.1 Å². The summed E-state index contributed by atoms with van der Waals surface area (Å²) in [7, 11) is 3.33. The van der Waals surface area contributed by atoms with Crippen molar-refractivity contribution in [1.29, 1.82) is 0 Å². The Kier molecular flexibility index (Phi) is 6.02. The number of hydrogen-bond donors (Lipinski definition) is 0. The zero-order valence-corrected chi connectivity index (χ0v) is 17.3. The monoisotopic (exact) mass is 396 g/mol. The van der Waals surface area contributed by atoms with Crippen LogP contribution in [-0.2, 0) is 16.1 Å². The minimum absolute atomic E-state index is 0.129. The fourth-order valence-corrected chi connectivity index (χ4v) is 3.96. The zero-order chi connectivity index (χ0) is 20.2. The maximum absolute atomic E-state index is 5.75. The second-order valence-corrected chi connectivity index (χ2v) is 7.61. The highest BCUT2D eigenvalue weighted by Crippen LogP contribution is 2.33. The summed E-state index contributed by atoms with van der Waals surface area (Å²) >= 11 is 0. The van der Waals surface area contributed by atoms with E-state index in [0.717, 1.165) is 42.4 Å². The second kappa shape index (κ2) is 8.84. The maximum Gasteiger partial charge on any atom is 0.161 e. The third kappa shape index (κ3) is 4.38. The van der Waals surface area contributed by atoms with Gasteiger partial charge in [0.1, 0.15) is 12.7 Å². The summed E-state index contributed by atoms with van der Waals surface area (Å²) in [4.78, 5) is 8.17. The van der Waals surface area contributed by atoms with Crippen LogP contribution in [0.15, 0.2) is 47.6 Å². The molecule has 0 aromatic heterocycles. The normalized spacial score (nSPS) is 20.9. The van der Waals surface area contributed by atoms with Gasteiger partial charge in [0.25, 0.3) is 0 Å². The third-order valence-corrected chi connectivity index (χ3v) is 5.51. The molecule has 0 unspecified atom stereocenters. The Labute approximate surface area is 172 Å². The molecular weight excluding hydrogens is 368 g/mol. The van der Waals surface area contributed by atoms with E-state index in [-0.39, 0.29) is 6.10 Å². The lowest BCUT2D eigenvalue weighted by atomic mass is 9.94. The molecule has 2 aromatic carbocycles. The summed E-state index contributed by atoms with van der Waals surface area (Å²) in [6, 6.07) is 14.6. The fourth-order valence-electron chi connectivity index (χ4n) is 3.96. The van der Waals surface area contributed by atoms with Crippen LogP contribution in [0.3, 0.4) is 0 Å². The maximum atomic E-state index is 5.75. The van der Waals surface area contributed by atoms with Gasteiger partial charge in [0, 0.05) is 26.7 Å². The Hall–Kier alpha value is -2.57. The van der Waals surface area contributed by atoms with E-state index in [1.807, 2.05) is 12.1 Å². The third-order valence-electron chi connectivity index (χ3n) is 5.51. The van der Waals surface area contributed by atoms with Gasteiger partial charge in [-0.2, -0.15) is 0 Å². The fraction of sp³-hybridized carbons (Fsp3) is 0.435. The highest BCUT2D eigenvalue weighted by Gasteiger charge is 2.42. The Morgan fingerprint density at radius 3 is 2.62 bits per heavy atom. The molecule has 2 aliphatic rings. The summed E-state index contributed by atoms with van der Waals surface area (Å²) in [5.74, 6) is 1.80. The molecule has 0 saturated carbocycles. The molecule has 29 heavy (non-hydrogen) atoms. The van der Waals surface area contributed by atoms with Crippen LogP contribution < -0.4 is 9.47 Å². The first kappa shape index (κ1) is 19.7. The molecule has 0 bridgehead atoms.